The second kappa shape index (κ2) is 39.3. The monoisotopic (exact) mass is 1990 g/mol. The summed E-state index contributed by atoms with van der Waals surface area (Å²) in [7, 11) is 0. The number of amidine groups is 1. The molecule has 147 heavy (non-hydrogen) atoms. The Labute approximate surface area is 839 Å². The molecule has 12 aromatic carbocycles. The van der Waals surface area contributed by atoms with Gasteiger partial charge in [-0.2, -0.15) is 39.5 Å². The van der Waals surface area contributed by atoms with Gasteiger partial charge in [0.1, 0.15) is 0 Å². The van der Waals surface area contributed by atoms with Crippen LogP contribution in [0.4, 0.5) is 103 Å². The topological polar surface area (TPSA) is 291 Å². The molecule has 8 amide bonds. The largest absolute Gasteiger partial charge is 0.417 e. The lowest BCUT2D eigenvalue weighted by atomic mass is 9.81. The van der Waals surface area contributed by atoms with Crippen molar-refractivity contribution in [1.82, 2.24) is 24.9 Å². The van der Waals surface area contributed by atoms with E-state index >= 15 is 0 Å². The first-order valence-electron chi connectivity index (χ1n) is 46.7. The predicted molar refractivity (Wildman–Crippen MR) is 549 cm³/mol. The van der Waals surface area contributed by atoms with Crippen molar-refractivity contribution in [3.05, 3.63) is 387 Å². The van der Waals surface area contributed by atoms with E-state index in [9.17, 15) is 77.9 Å². The van der Waals surface area contributed by atoms with E-state index in [1.165, 1.54) is 47.5 Å². The van der Waals surface area contributed by atoms with E-state index in [0.717, 1.165) is 74.1 Å². The SMILES string of the molecule is Cc1ccc(NC(=O)c2cc(-c3cccc4c3C(C)(C)C(=O)N4C3=N[NH+]=CC3)ccc2C(F)(F)F)cc1.Cc1ccc(NC(=O)c2cc(-c3cccc4c3C(C)(C)C(=O)N4c3ccncc3)ccc2C(F)(F)F)cc1.Cc1ccc(NC(=O)c2cc(-c3cccc4c3C(C)(C)C(=O)N4c3ncc[nH]3)ccc2C(F)(F)F)cc1.Cc1ccc(NC(=O)c2cc(-c3cccc4c3C(C)(C)C(=O)N4c3ncccn3)ccc2C)cc1. The molecule has 15 aromatic rings. The number of aromatic nitrogens is 5. The van der Waals surface area contributed by atoms with Gasteiger partial charge < -0.3 is 26.3 Å². The number of H-pyrrole nitrogens is 1. The summed E-state index contributed by atoms with van der Waals surface area (Å²) in [5, 5.41) is 17.6. The quantitative estimate of drug-likeness (QED) is 0.0522. The Hall–Kier alpha value is -17.5. The molecule has 8 heterocycles. The number of pyridine rings is 1. The first-order chi connectivity index (χ1) is 69.7. The van der Waals surface area contributed by atoms with Crippen molar-refractivity contribution < 1.29 is 83.0 Å². The number of imidazole rings is 1. The molecular formula is C115H97F9N15O8+. The number of hydrogen-bond acceptors (Lipinski definition) is 13. The number of rotatable bonds is 15. The summed E-state index contributed by atoms with van der Waals surface area (Å²) in [6, 6.07) is 71.2. The van der Waals surface area contributed by atoms with Crippen LogP contribution in [-0.2, 0) is 59.4 Å². The van der Waals surface area contributed by atoms with Crippen LogP contribution in [0.3, 0.4) is 0 Å². The normalized spacial score (nSPS) is 14.8. The molecule has 0 aliphatic carbocycles. The van der Waals surface area contributed by atoms with E-state index in [4.69, 9.17) is 0 Å². The van der Waals surface area contributed by atoms with E-state index < -0.39 is 91.3 Å². The Morgan fingerprint density at radius 3 is 0.993 bits per heavy atom. The fourth-order valence-corrected chi connectivity index (χ4v) is 18.9. The van der Waals surface area contributed by atoms with Gasteiger partial charge in [-0.3, -0.25) is 53.1 Å². The van der Waals surface area contributed by atoms with Crippen molar-refractivity contribution in [2.45, 2.75) is 137 Å². The maximum atomic E-state index is 13.9. The van der Waals surface area contributed by atoms with E-state index in [2.05, 4.69) is 56.4 Å². The second-order valence-corrected chi connectivity index (χ2v) is 38.2. The van der Waals surface area contributed by atoms with Crippen LogP contribution in [-0.4, -0.2) is 84.2 Å². The van der Waals surface area contributed by atoms with Crippen molar-refractivity contribution in [1.29, 1.82) is 0 Å². The van der Waals surface area contributed by atoms with Crippen LogP contribution in [0.1, 0.15) is 170 Å². The van der Waals surface area contributed by atoms with Gasteiger partial charge in [-0.25, -0.2) is 24.8 Å². The lowest BCUT2D eigenvalue weighted by molar-refractivity contribution is -0.453. The summed E-state index contributed by atoms with van der Waals surface area (Å²) in [4.78, 5) is 132. The standard InChI is InChI=1S/C30H24F3N3O2.C29H26N4O2.2C28H23F3N4O2/c1-18-7-10-20(11-8-18)35-27(37)23-17-19(9-12-24(23)30(31,32)33)22-5-4-6-25-26(22)29(2,3)28(38)36(25)21-13-15-34-16-14-21;1-18-9-13-21(14-10-18)32-26(34)23-17-20(12-11-19(23)2)22-7-5-8-24-25(22)29(3,4)27(35)33(24)28-30-15-6-16-31-28;1-16-7-10-18(11-8-16)34-24(36)20-15-17(9-12-21(20)28(29,30)31)19-5-4-6-22-23(19)27(2,3)25(37)35(22)26-32-13-14-33-26;1-16-7-10-18(11-8-16)33-25(36)20-15-17(9-12-21(20)28(29,30)31)19-5-4-6-22-24(19)27(2,3)26(37)35(22)23-13-14-32-34-23/h4-17H,1-3H3,(H,35,37);5-17H,1-4H3,(H,32,34);4-15H,1-3H3,(H,32,33)(H,34,36);4-12,14-15H,13H2,1-3H3,(H,33,36)/p+1. The fraction of sp³-hybridized carbons (Fsp3) is 0.183. The zero-order valence-corrected chi connectivity index (χ0v) is 81.8. The maximum absolute atomic E-state index is 13.9. The number of nitrogens with zero attached hydrogens (tertiary/aromatic N) is 9. The summed E-state index contributed by atoms with van der Waals surface area (Å²) in [5.74, 6) is -2.22. The third-order valence-electron chi connectivity index (χ3n) is 26.5. The molecule has 0 unspecified atom stereocenters. The second-order valence-electron chi connectivity index (χ2n) is 38.2. The molecule has 23 nitrogen and oxygen atoms in total. The molecule has 0 fully saturated rings. The van der Waals surface area contributed by atoms with E-state index in [1.54, 1.807) is 239 Å². The van der Waals surface area contributed by atoms with Crippen molar-refractivity contribution in [2.24, 2.45) is 5.10 Å². The highest BCUT2D eigenvalue weighted by Crippen LogP contribution is 2.55. The molecule has 5 aliphatic heterocycles. The van der Waals surface area contributed by atoms with Crippen molar-refractivity contribution >= 4 is 122 Å². The molecule has 0 spiro atoms. The molecule has 0 atom stereocenters. The fourth-order valence-electron chi connectivity index (χ4n) is 18.9. The van der Waals surface area contributed by atoms with Crippen LogP contribution in [0.15, 0.2) is 303 Å². The number of anilines is 11. The Morgan fingerprint density at radius 2 is 0.653 bits per heavy atom. The van der Waals surface area contributed by atoms with Gasteiger partial charge in [0, 0.05) is 70.6 Å². The zero-order chi connectivity index (χ0) is 105. The summed E-state index contributed by atoms with van der Waals surface area (Å²) >= 11 is 0. The molecule has 32 heteroatoms. The minimum atomic E-state index is -4.73. The summed E-state index contributed by atoms with van der Waals surface area (Å²) in [5.41, 5.74) is 9.82. The number of carbonyl (C=O) groups is 8. The molecule has 0 radical (unpaired) electrons. The number of benzene rings is 12. The van der Waals surface area contributed by atoms with Crippen LogP contribution in [0.2, 0.25) is 0 Å². The van der Waals surface area contributed by atoms with E-state index in [0.29, 0.717) is 120 Å². The van der Waals surface area contributed by atoms with Crippen LogP contribution in [0.5, 0.6) is 0 Å². The van der Waals surface area contributed by atoms with E-state index in [1.807, 2.05) is 109 Å². The van der Waals surface area contributed by atoms with E-state index in [-0.39, 0.29) is 29.5 Å². The maximum Gasteiger partial charge on any atom is 0.417 e. The van der Waals surface area contributed by atoms with Crippen LogP contribution >= 0.6 is 0 Å². The Kier molecular flexibility index (Phi) is 27.0. The molecule has 742 valence electrons. The highest BCUT2D eigenvalue weighted by atomic mass is 19.4. The van der Waals surface area contributed by atoms with Crippen molar-refractivity contribution in [2.75, 3.05) is 40.9 Å². The van der Waals surface area contributed by atoms with Crippen molar-refractivity contribution in [3.8, 4) is 44.5 Å². The number of amides is 8. The first kappa shape index (κ1) is 101. The lowest BCUT2D eigenvalue weighted by Crippen LogP contribution is -2.59. The number of hydrogen-bond donors (Lipinski definition) is 6. The number of aryl methyl sites for hydroxylation is 5. The minimum Gasteiger partial charge on any atom is -0.330 e. The average molecular weight is 1990 g/mol. The van der Waals surface area contributed by atoms with Gasteiger partial charge >= 0.3 is 18.5 Å². The van der Waals surface area contributed by atoms with Gasteiger partial charge in [0.15, 0.2) is 12.1 Å². The summed E-state index contributed by atoms with van der Waals surface area (Å²) in [6.45, 7) is 24.0. The number of fused-ring (bicyclic) bond motifs is 4. The van der Waals surface area contributed by atoms with Crippen molar-refractivity contribution in [3.63, 3.8) is 0 Å². The molecule has 5 aliphatic rings. The number of nitrogens with one attached hydrogen (secondary N) is 6. The van der Waals surface area contributed by atoms with Gasteiger partial charge in [-0.1, -0.05) is 150 Å². The number of alkyl halides is 9. The lowest BCUT2D eigenvalue weighted by Gasteiger charge is -2.21. The van der Waals surface area contributed by atoms with Gasteiger partial charge in [-0.15, -0.1) is 5.10 Å². The zero-order valence-electron chi connectivity index (χ0n) is 81.8. The van der Waals surface area contributed by atoms with Gasteiger partial charge in [0.2, 0.25) is 35.5 Å². The third kappa shape index (κ3) is 19.8. The molecule has 0 saturated heterocycles. The summed E-state index contributed by atoms with van der Waals surface area (Å²) in [6.07, 6.45) is -2.44. The predicted octanol–water partition coefficient (Wildman–Crippen LogP) is 24.3. The Balaban J connectivity index is 0.000000134. The highest BCUT2D eigenvalue weighted by Gasteiger charge is 2.53. The third-order valence-corrected chi connectivity index (χ3v) is 26.5. The molecule has 3 aromatic heterocycles. The molecule has 0 saturated carbocycles. The first-order valence-corrected chi connectivity index (χ1v) is 46.7. The minimum absolute atomic E-state index is 0.0874. The Morgan fingerprint density at radius 1 is 0.340 bits per heavy atom. The van der Waals surface area contributed by atoms with Gasteiger partial charge in [0.25, 0.3) is 23.6 Å². The van der Waals surface area contributed by atoms with Gasteiger partial charge in [-0.05, 0) is 296 Å². The number of hydrazone groups is 1. The number of halogens is 9. The summed E-state index contributed by atoms with van der Waals surface area (Å²) < 4.78 is 125. The van der Waals surface area contributed by atoms with Crippen LogP contribution in [0.25, 0.3) is 44.5 Å². The average Bonchev–Trinajstić information content (AvgIpc) is 1.59. The molecule has 6 N–H and O–H groups in total. The van der Waals surface area contributed by atoms with Gasteiger partial charge in [0.05, 0.1) is 89.9 Å². The number of aromatic amines is 1. The molecule has 20 rings (SSSR count). The van der Waals surface area contributed by atoms with Crippen LogP contribution in [0, 0.1) is 34.6 Å². The Bertz CT molecular complexity index is 7820. The molecule has 0 bridgehead atoms. The smallest absolute Gasteiger partial charge is 0.330 e. The van der Waals surface area contributed by atoms with Crippen LogP contribution < -0.4 is 46.0 Å². The molecular weight excluding hydrogens is 1890 g/mol. The number of carbonyl (C=O) groups excluding carboxylic acids is 8. The highest BCUT2D eigenvalue weighted by molar-refractivity contribution is 6.27.